The molecule has 0 aliphatic heterocycles. The molecule has 0 spiro atoms. The van der Waals surface area contributed by atoms with Gasteiger partial charge in [-0.2, -0.15) is 13.7 Å². The van der Waals surface area contributed by atoms with Crippen molar-refractivity contribution in [3.05, 3.63) is 11.6 Å². The third-order valence-corrected chi connectivity index (χ3v) is 0.915. The molecule has 15 heavy (non-hydrogen) atoms. The first-order chi connectivity index (χ1) is 6.22. The summed E-state index contributed by atoms with van der Waals surface area (Å²) < 4.78 is 31.6. The zero-order chi connectivity index (χ0) is 11.8. The Morgan fingerprint density at radius 2 is 1.80 bits per heavy atom. The Bertz CT molecular complexity index is 292. The number of rotatable bonds is 2. The van der Waals surface area contributed by atoms with E-state index >= 15 is 0 Å². The summed E-state index contributed by atoms with van der Waals surface area (Å²) in [6, 6.07) is 0. The Morgan fingerprint density at radius 3 is 2.00 bits per heavy atom. The summed E-state index contributed by atoms with van der Waals surface area (Å²) in [4.78, 5) is 13.8. The molecule has 0 saturated heterocycles. The van der Waals surface area contributed by atoms with Crippen LogP contribution in [0.5, 0.6) is 0 Å². The van der Waals surface area contributed by atoms with E-state index < -0.39 is 16.4 Å². The molecule has 0 unspecified atom stereocenters. The summed E-state index contributed by atoms with van der Waals surface area (Å²) in [5.74, 6) is -0.683. The van der Waals surface area contributed by atoms with Crippen LogP contribution in [0.4, 0.5) is 0 Å². The minimum absolute atomic E-state index is 0. The van der Waals surface area contributed by atoms with E-state index in [1.165, 1.54) is 0 Å². The molecule has 0 bridgehead atoms. The van der Waals surface area contributed by atoms with Gasteiger partial charge in [-0.3, -0.25) is 14.0 Å². The maximum atomic E-state index is 10.4. The standard InChI is InChI=1S/C6H10O3.K.H2O4S.H/c1-3-4-5(2)6(7)9-8;;1-5(2,3)4;/h4,8H,3H2,1-2H3;;(H2,1,2,3,4);/q;+1;;-1. The van der Waals surface area contributed by atoms with Gasteiger partial charge < -0.3 is 1.43 Å². The summed E-state index contributed by atoms with van der Waals surface area (Å²) >= 11 is 0. The first kappa shape index (κ1) is 21.0. The molecule has 7 nitrogen and oxygen atoms in total. The minimum atomic E-state index is -4.67. The van der Waals surface area contributed by atoms with Crippen LogP contribution in [-0.2, 0) is 20.1 Å². The Morgan fingerprint density at radius 1 is 1.47 bits per heavy atom. The van der Waals surface area contributed by atoms with Crippen LogP contribution >= 0.6 is 0 Å². The van der Waals surface area contributed by atoms with Gasteiger partial charge in [0.05, 0.1) is 0 Å². The van der Waals surface area contributed by atoms with E-state index in [2.05, 4.69) is 4.89 Å². The normalized spacial score (nSPS) is 10.6. The van der Waals surface area contributed by atoms with Crippen molar-refractivity contribution in [3.63, 3.8) is 0 Å². The van der Waals surface area contributed by atoms with Gasteiger partial charge in [0.2, 0.25) is 0 Å². The smallest absolute Gasteiger partial charge is 1.00 e. The molecule has 0 atom stereocenters. The van der Waals surface area contributed by atoms with Gasteiger partial charge >= 0.3 is 67.8 Å². The van der Waals surface area contributed by atoms with Gasteiger partial charge in [-0.05, 0) is 13.3 Å². The second kappa shape index (κ2) is 11.2. The molecule has 86 valence electrons. The first-order valence-electron chi connectivity index (χ1n) is 3.44. The summed E-state index contributed by atoms with van der Waals surface area (Å²) in [7, 11) is -4.67. The van der Waals surface area contributed by atoms with Crippen LogP contribution in [0.15, 0.2) is 11.6 Å². The second-order valence-electron chi connectivity index (χ2n) is 2.12. The number of hydrogen-bond donors (Lipinski definition) is 3. The topological polar surface area (TPSA) is 121 Å². The predicted octanol–water partition coefficient (Wildman–Crippen LogP) is -2.18. The van der Waals surface area contributed by atoms with Gasteiger partial charge in [0, 0.05) is 5.57 Å². The fourth-order valence-corrected chi connectivity index (χ4v) is 0.462. The summed E-state index contributed by atoms with van der Waals surface area (Å²) in [5.41, 5.74) is 0.431. The SMILES string of the molecule is CCC=C(C)C(=O)OO.O=S(=O)(O)O.[H-].[K+]. The van der Waals surface area contributed by atoms with Crippen molar-refractivity contribution < 1.29 is 85.3 Å². The van der Waals surface area contributed by atoms with Crippen LogP contribution in [0.2, 0.25) is 0 Å². The van der Waals surface area contributed by atoms with E-state index in [1.807, 2.05) is 6.92 Å². The maximum absolute atomic E-state index is 10.4. The predicted molar refractivity (Wildman–Crippen MR) is 48.1 cm³/mol. The molecule has 0 saturated carbocycles. The van der Waals surface area contributed by atoms with Crippen molar-refractivity contribution in [2.75, 3.05) is 0 Å². The average molecular weight is 268 g/mol. The Labute approximate surface area is 132 Å². The largest absolute Gasteiger partial charge is 1.00 e. The zero-order valence-electron chi connectivity index (χ0n) is 9.67. The van der Waals surface area contributed by atoms with Gasteiger partial charge in [-0.25, -0.2) is 4.79 Å². The molecule has 0 aliphatic rings. The monoisotopic (exact) mass is 268 g/mol. The van der Waals surface area contributed by atoms with Gasteiger partial charge in [0.1, 0.15) is 0 Å². The fourth-order valence-electron chi connectivity index (χ4n) is 0.462. The van der Waals surface area contributed by atoms with E-state index in [4.69, 9.17) is 22.8 Å². The van der Waals surface area contributed by atoms with Crippen molar-refractivity contribution in [1.29, 1.82) is 0 Å². The van der Waals surface area contributed by atoms with Crippen molar-refractivity contribution in [2.24, 2.45) is 0 Å². The average Bonchev–Trinajstić information content (AvgIpc) is 2.00. The van der Waals surface area contributed by atoms with E-state index in [-0.39, 0.29) is 52.8 Å². The number of allylic oxidation sites excluding steroid dienone is 1. The number of hydrogen-bond acceptors (Lipinski definition) is 5. The van der Waals surface area contributed by atoms with Crippen molar-refractivity contribution >= 4 is 16.4 Å². The number of carbonyl (C=O) groups excluding carboxylic acids is 1. The number of carbonyl (C=O) groups is 1. The summed E-state index contributed by atoms with van der Waals surface area (Å²) in [6.45, 7) is 3.48. The van der Waals surface area contributed by atoms with Crippen molar-refractivity contribution in [1.82, 2.24) is 0 Å². The van der Waals surface area contributed by atoms with E-state index in [9.17, 15) is 4.79 Å². The third kappa shape index (κ3) is 25.2. The van der Waals surface area contributed by atoms with Crippen LogP contribution in [0.1, 0.15) is 21.7 Å². The molecule has 0 aromatic heterocycles. The maximum Gasteiger partial charge on any atom is 1.00 e. The van der Waals surface area contributed by atoms with Gasteiger partial charge in [0.25, 0.3) is 0 Å². The van der Waals surface area contributed by atoms with E-state index in [0.29, 0.717) is 5.57 Å². The quantitative estimate of drug-likeness (QED) is 0.171. The van der Waals surface area contributed by atoms with Crippen LogP contribution < -0.4 is 51.4 Å². The molecule has 0 heterocycles. The van der Waals surface area contributed by atoms with Crippen LogP contribution in [-0.4, -0.2) is 28.7 Å². The summed E-state index contributed by atoms with van der Waals surface area (Å²) in [5, 5.41) is 7.84. The Kier molecular flexibility index (Phi) is 15.6. The molecule has 0 radical (unpaired) electrons. The van der Waals surface area contributed by atoms with Crippen molar-refractivity contribution in [3.8, 4) is 0 Å². The minimum Gasteiger partial charge on any atom is -1.00 e. The molecule has 0 amide bonds. The third-order valence-electron chi connectivity index (χ3n) is 0.915. The summed E-state index contributed by atoms with van der Waals surface area (Å²) in [6.07, 6.45) is 2.44. The zero-order valence-corrected chi connectivity index (χ0v) is 12.6. The van der Waals surface area contributed by atoms with Crippen LogP contribution in [0.3, 0.4) is 0 Å². The molecule has 9 heteroatoms. The van der Waals surface area contributed by atoms with Crippen LogP contribution in [0.25, 0.3) is 0 Å². The molecule has 3 N–H and O–H groups in total. The van der Waals surface area contributed by atoms with E-state index in [1.54, 1.807) is 13.0 Å². The van der Waals surface area contributed by atoms with Crippen molar-refractivity contribution in [2.45, 2.75) is 20.3 Å². The molecule has 0 aromatic rings. The Hall–Kier alpha value is 0.676. The molecular formula is C6H13KO7S. The van der Waals surface area contributed by atoms with E-state index in [0.717, 1.165) is 6.42 Å². The molecular weight excluding hydrogens is 255 g/mol. The second-order valence-corrected chi connectivity index (χ2v) is 3.02. The molecule has 0 rings (SSSR count). The van der Waals surface area contributed by atoms with Gasteiger partial charge in [-0.15, -0.1) is 0 Å². The molecule has 0 aliphatic carbocycles. The fraction of sp³-hybridized carbons (Fsp3) is 0.500. The van der Waals surface area contributed by atoms with Crippen LogP contribution in [0, 0.1) is 0 Å². The molecule has 0 aromatic carbocycles. The first-order valence-corrected chi connectivity index (χ1v) is 4.84. The van der Waals surface area contributed by atoms with Gasteiger partial charge in [0.15, 0.2) is 0 Å². The Balaban J connectivity index is -0.0000000904. The van der Waals surface area contributed by atoms with Gasteiger partial charge in [-0.1, -0.05) is 13.0 Å². The molecule has 0 fully saturated rings.